The van der Waals surface area contributed by atoms with Crippen LogP contribution in [0.4, 0.5) is 0 Å². The highest BCUT2D eigenvalue weighted by Crippen LogP contribution is 2.14. The van der Waals surface area contributed by atoms with Crippen molar-refractivity contribution < 1.29 is 9.59 Å². The van der Waals surface area contributed by atoms with Crippen molar-refractivity contribution in [2.24, 2.45) is 0 Å². The molecule has 6 heteroatoms. The highest BCUT2D eigenvalue weighted by atomic mass is 16.2. The molecule has 0 bridgehead atoms. The predicted octanol–water partition coefficient (Wildman–Crippen LogP) is 1.43. The topological polar surface area (TPSA) is 58.4 Å². The van der Waals surface area contributed by atoms with Gasteiger partial charge in [0, 0.05) is 51.0 Å². The fourth-order valence-electron chi connectivity index (χ4n) is 2.80. The SMILES string of the molecule is CC(C(=O)N1CCN(C(=O)c2cccnc2)CC1)n1cccc1. The molecule has 0 saturated carbocycles. The fraction of sp³-hybridized carbons (Fsp3) is 0.353. The third-order valence-corrected chi connectivity index (χ3v) is 4.22. The van der Waals surface area contributed by atoms with Gasteiger partial charge >= 0.3 is 0 Å². The van der Waals surface area contributed by atoms with Gasteiger partial charge in [0.05, 0.1) is 5.56 Å². The van der Waals surface area contributed by atoms with Crippen molar-refractivity contribution in [3.8, 4) is 0 Å². The molecule has 6 nitrogen and oxygen atoms in total. The van der Waals surface area contributed by atoms with E-state index in [2.05, 4.69) is 4.98 Å². The molecule has 23 heavy (non-hydrogen) atoms. The average Bonchev–Trinajstić information content (AvgIpc) is 3.15. The van der Waals surface area contributed by atoms with Crippen LogP contribution in [0.25, 0.3) is 0 Å². The standard InChI is InChI=1S/C17H20N4O2/c1-14(19-7-2-3-8-19)16(22)20-9-11-21(12-10-20)17(23)15-5-4-6-18-13-15/h2-8,13-14H,9-12H2,1H3. The number of pyridine rings is 1. The zero-order valence-corrected chi connectivity index (χ0v) is 13.1. The Balaban J connectivity index is 1.58. The van der Waals surface area contributed by atoms with Gasteiger partial charge in [0.15, 0.2) is 0 Å². The van der Waals surface area contributed by atoms with Crippen LogP contribution in [-0.4, -0.2) is 57.3 Å². The maximum atomic E-state index is 12.5. The molecule has 0 radical (unpaired) electrons. The number of hydrogen-bond acceptors (Lipinski definition) is 3. The van der Waals surface area contributed by atoms with Crippen molar-refractivity contribution >= 4 is 11.8 Å². The number of aromatic nitrogens is 2. The summed E-state index contributed by atoms with van der Waals surface area (Å²) in [4.78, 5) is 32.5. The Hall–Kier alpha value is -2.63. The van der Waals surface area contributed by atoms with E-state index in [0.29, 0.717) is 31.7 Å². The maximum absolute atomic E-state index is 12.5. The van der Waals surface area contributed by atoms with Crippen molar-refractivity contribution in [2.45, 2.75) is 13.0 Å². The van der Waals surface area contributed by atoms with Crippen molar-refractivity contribution in [1.29, 1.82) is 0 Å². The van der Waals surface area contributed by atoms with Crippen LogP contribution >= 0.6 is 0 Å². The van der Waals surface area contributed by atoms with E-state index in [-0.39, 0.29) is 17.9 Å². The summed E-state index contributed by atoms with van der Waals surface area (Å²) < 4.78 is 1.90. The normalized spacial score (nSPS) is 16.2. The molecule has 120 valence electrons. The van der Waals surface area contributed by atoms with Crippen LogP contribution in [0.3, 0.4) is 0 Å². The number of hydrogen-bond donors (Lipinski definition) is 0. The lowest BCUT2D eigenvalue weighted by Gasteiger charge is -2.36. The molecule has 2 amide bonds. The predicted molar refractivity (Wildman–Crippen MR) is 85.9 cm³/mol. The lowest BCUT2D eigenvalue weighted by molar-refractivity contribution is -0.135. The van der Waals surface area contributed by atoms with Gasteiger partial charge in [-0.1, -0.05) is 0 Å². The zero-order chi connectivity index (χ0) is 16.2. The van der Waals surface area contributed by atoms with Crippen molar-refractivity contribution in [3.63, 3.8) is 0 Å². The number of rotatable bonds is 3. The van der Waals surface area contributed by atoms with E-state index < -0.39 is 0 Å². The van der Waals surface area contributed by atoms with Gasteiger partial charge in [-0.15, -0.1) is 0 Å². The molecular formula is C17H20N4O2. The van der Waals surface area contributed by atoms with Gasteiger partial charge in [-0.25, -0.2) is 0 Å². The molecule has 3 heterocycles. The summed E-state index contributed by atoms with van der Waals surface area (Å²) in [5.41, 5.74) is 0.591. The molecule has 2 aromatic heterocycles. The zero-order valence-electron chi connectivity index (χ0n) is 13.1. The molecule has 1 atom stereocenters. The Morgan fingerprint density at radius 1 is 1.04 bits per heavy atom. The second-order valence-electron chi connectivity index (χ2n) is 5.67. The third kappa shape index (κ3) is 3.26. The van der Waals surface area contributed by atoms with Crippen LogP contribution in [0.2, 0.25) is 0 Å². The van der Waals surface area contributed by atoms with Gasteiger partial charge in [0.2, 0.25) is 5.91 Å². The Morgan fingerprint density at radius 2 is 1.70 bits per heavy atom. The summed E-state index contributed by atoms with van der Waals surface area (Å²) in [5, 5.41) is 0. The van der Waals surface area contributed by atoms with E-state index in [1.807, 2.05) is 40.9 Å². The van der Waals surface area contributed by atoms with Crippen molar-refractivity contribution in [3.05, 3.63) is 54.6 Å². The molecule has 1 aliphatic rings. The first-order valence-electron chi connectivity index (χ1n) is 7.77. The third-order valence-electron chi connectivity index (χ3n) is 4.22. The lowest BCUT2D eigenvalue weighted by Crippen LogP contribution is -2.51. The summed E-state index contributed by atoms with van der Waals surface area (Å²) in [6.07, 6.45) is 7.01. The minimum Gasteiger partial charge on any atom is -0.342 e. The van der Waals surface area contributed by atoms with E-state index in [4.69, 9.17) is 0 Å². The molecule has 0 aliphatic carbocycles. The monoisotopic (exact) mass is 312 g/mol. The molecule has 2 aromatic rings. The Labute approximate surface area is 135 Å². The molecule has 0 spiro atoms. The molecule has 0 N–H and O–H groups in total. The molecule has 1 unspecified atom stereocenters. The lowest BCUT2D eigenvalue weighted by atomic mass is 10.2. The van der Waals surface area contributed by atoms with E-state index in [0.717, 1.165) is 0 Å². The van der Waals surface area contributed by atoms with Crippen LogP contribution in [0.5, 0.6) is 0 Å². The molecule has 0 aromatic carbocycles. The summed E-state index contributed by atoms with van der Waals surface area (Å²) >= 11 is 0. The second-order valence-corrected chi connectivity index (χ2v) is 5.67. The van der Waals surface area contributed by atoms with E-state index in [9.17, 15) is 9.59 Å². The van der Waals surface area contributed by atoms with E-state index >= 15 is 0 Å². The Morgan fingerprint density at radius 3 is 2.30 bits per heavy atom. The van der Waals surface area contributed by atoms with Crippen LogP contribution in [0.15, 0.2) is 49.1 Å². The van der Waals surface area contributed by atoms with E-state index in [1.54, 1.807) is 29.4 Å². The van der Waals surface area contributed by atoms with Gasteiger partial charge in [-0.3, -0.25) is 14.6 Å². The largest absolute Gasteiger partial charge is 0.342 e. The van der Waals surface area contributed by atoms with Crippen LogP contribution in [-0.2, 0) is 4.79 Å². The molecule has 1 saturated heterocycles. The van der Waals surface area contributed by atoms with Crippen LogP contribution in [0.1, 0.15) is 23.3 Å². The summed E-state index contributed by atoms with van der Waals surface area (Å²) in [6, 6.07) is 7.13. The number of nitrogens with zero attached hydrogens (tertiary/aromatic N) is 4. The molecular weight excluding hydrogens is 292 g/mol. The Kier molecular flexibility index (Phi) is 4.41. The van der Waals surface area contributed by atoms with E-state index in [1.165, 1.54) is 0 Å². The van der Waals surface area contributed by atoms with Gasteiger partial charge in [0.1, 0.15) is 6.04 Å². The summed E-state index contributed by atoms with van der Waals surface area (Å²) in [6.45, 7) is 4.14. The fourth-order valence-corrected chi connectivity index (χ4v) is 2.80. The Bertz CT molecular complexity index is 661. The molecule has 3 rings (SSSR count). The van der Waals surface area contributed by atoms with Crippen molar-refractivity contribution in [2.75, 3.05) is 26.2 Å². The smallest absolute Gasteiger partial charge is 0.255 e. The minimum absolute atomic E-state index is 0.0244. The highest BCUT2D eigenvalue weighted by Gasteiger charge is 2.27. The van der Waals surface area contributed by atoms with Crippen LogP contribution in [0, 0.1) is 0 Å². The first-order valence-corrected chi connectivity index (χ1v) is 7.77. The van der Waals surface area contributed by atoms with Gasteiger partial charge in [-0.05, 0) is 31.2 Å². The van der Waals surface area contributed by atoms with Gasteiger partial charge in [-0.2, -0.15) is 0 Å². The number of carbonyl (C=O) groups is 2. The second kappa shape index (κ2) is 6.64. The molecule has 1 aliphatic heterocycles. The number of piperazine rings is 1. The number of amides is 2. The average molecular weight is 312 g/mol. The summed E-state index contributed by atoms with van der Waals surface area (Å²) in [5.74, 6) is 0.0679. The quantitative estimate of drug-likeness (QED) is 0.861. The first-order chi connectivity index (χ1) is 11.2. The molecule has 1 fully saturated rings. The minimum atomic E-state index is -0.217. The first kappa shape index (κ1) is 15.3. The summed E-state index contributed by atoms with van der Waals surface area (Å²) in [7, 11) is 0. The highest BCUT2D eigenvalue weighted by molar-refractivity contribution is 5.94. The van der Waals surface area contributed by atoms with Gasteiger partial charge < -0.3 is 14.4 Å². The maximum Gasteiger partial charge on any atom is 0.255 e. The van der Waals surface area contributed by atoms with Crippen molar-refractivity contribution in [1.82, 2.24) is 19.4 Å². The number of carbonyl (C=O) groups excluding carboxylic acids is 2. The van der Waals surface area contributed by atoms with Gasteiger partial charge in [0.25, 0.3) is 5.91 Å². The van der Waals surface area contributed by atoms with Crippen LogP contribution < -0.4 is 0 Å².